The molecule has 15 heavy (non-hydrogen) atoms. The number of sulfone groups is 1. The van der Waals surface area contributed by atoms with Gasteiger partial charge >= 0.3 is 0 Å². The Labute approximate surface area is 102 Å². The summed E-state index contributed by atoms with van der Waals surface area (Å²) in [7, 11) is -2.95. The predicted molar refractivity (Wildman–Crippen MR) is 65.3 cm³/mol. The third-order valence-corrected chi connectivity index (χ3v) is 4.52. The first-order chi connectivity index (χ1) is 6.88. The molecule has 0 unspecified atom stereocenters. The van der Waals surface area contributed by atoms with E-state index in [9.17, 15) is 13.2 Å². The van der Waals surface area contributed by atoms with Gasteiger partial charge in [-0.05, 0) is 28.4 Å². The van der Waals surface area contributed by atoms with Crippen molar-refractivity contribution < 1.29 is 13.2 Å². The van der Waals surface area contributed by atoms with E-state index in [1.165, 1.54) is 17.6 Å². The first-order valence-corrected chi connectivity index (χ1v) is 8.07. The van der Waals surface area contributed by atoms with Crippen LogP contribution in [0.3, 0.4) is 0 Å². The van der Waals surface area contributed by atoms with Crippen molar-refractivity contribution in [1.82, 2.24) is 0 Å². The van der Waals surface area contributed by atoms with Gasteiger partial charge in [-0.2, -0.15) is 0 Å². The van der Waals surface area contributed by atoms with Crippen LogP contribution < -0.4 is 0 Å². The van der Waals surface area contributed by atoms with Crippen LogP contribution >= 0.6 is 27.3 Å². The van der Waals surface area contributed by atoms with Gasteiger partial charge in [0.2, 0.25) is 0 Å². The minimum atomic E-state index is -2.95. The molecule has 0 atom stereocenters. The van der Waals surface area contributed by atoms with Crippen LogP contribution in [0.1, 0.15) is 22.5 Å². The number of ketones is 1. The topological polar surface area (TPSA) is 51.2 Å². The van der Waals surface area contributed by atoms with Crippen LogP contribution in [0.15, 0.2) is 15.9 Å². The van der Waals surface area contributed by atoms with E-state index in [0.29, 0.717) is 17.7 Å². The molecule has 1 rings (SSSR count). The van der Waals surface area contributed by atoms with Crippen molar-refractivity contribution in [3.8, 4) is 0 Å². The zero-order chi connectivity index (χ0) is 11.5. The fourth-order valence-electron chi connectivity index (χ4n) is 1.08. The van der Waals surface area contributed by atoms with Gasteiger partial charge < -0.3 is 0 Å². The number of thiophene rings is 1. The van der Waals surface area contributed by atoms with E-state index in [2.05, 4.69) is 15.9 Å². The Hall–Kier alpha value is -0.200. The third-order valence-electron chi connectivity index (χ3n) is 1.76. The van der Waals surface area contributed by atoms with Gasteiger partial charge in [0, 0.05) is 22.5 Å². The number of hydrogen-bond acceptors (Lipinski definition) is 4. The highest BCUT2D eigenvalue weighted by atomic mass is 79.9. The third kappa shape index (κ3) is 4.90. The zero-order valence-corrected chi connectivity index (χ0v) is 11.4. The molecule has 0 saturated carbocycles. The fourth-order valence-corrected chi connectivity index (χ4v) is 3.14. The summed E-state index contributed by atoms with van der Waals surface area (Å²) >= 11 is 4.63. The fraction of sp³-hybridized carbons (Fsp3) is 0.444. The van der Waals surface area contributed by atoms with E-state index in [0.717, 1.165) is 4.47 Å². The van der Waals surface area contributed by atoms with E-state index in [1.54, 1.807) is 6.07 Å². The van der Waals surface area contributed by atoms with E-state index >= 15 is 0 Å². The number of hydrogen-bond donors (Lipinski definition) is 0. The van der Waals surface area contributed by atoms with Crippen LogP contribution in [0.5, 0.6) is 0 Å². The minimum Gasteiger partial charge on any atom is -0.293 e. The summed E-state index contributed by atoms with van der Waals surface area (Å²) in [6.07, 6.45) is 1.87. The highest BCUT2D eigenvalue weighted by molar-refractivity contribution is 9.10. The van der Waals surface area contributed by atoms with Crippen LogP contribution in [-0.4, -0.2) is 26.2 Å². The highest BCUT2D eigenvalue weighted by Gasteiger charge is 2.10. The van der Waals surface area contributed by atoms with Gasteiger partial charge in [0.05, 0.1) is 10.6 Å². The molecule has 0 aromatic carbocycles. The Morgan fingerprint density at radius 3 is 2.67 bits per heavy atom. The Bertz CT molecular complexity index is 448. The van der Waals surface area contributed by atoms with Crippen molar-refractivity contribution in [2.45, 2.75) is 12.8 Å². The molecule has 0 aliphatic heterocycles. The van der Waals surface area contributed by atoms with Crippen molar-refractivity contribution in [2.24, 2.45) is 0 Å². The van der Waals surface area contributed by atoms with Gasteiger partial charge in [0.1, 0.15) is 9.84 Å². The maximum absolute atomic E-state index is 11.5. The molecule has 0 aliphatic carbocycles. The standard InChI is InChI=1S/C9H11BrO3S2/c1-15(12,13)4-2-3-8(11)9-5-7(10)6-14-9/h5-6H,2-4H2,1H3. The number of carbonyl (C=O) groups excluding carboxylic acids is 1. The molecule has 84 valence electrons. The van der Waals surface area contributed by atoms with E-state index in [-0.39, 0.29) is 11.5 Å². The molecule has 0 N–H and O–H groups in total. The molecule has 0 aliphatic rings. The van der Waals surface area contributed by atoms with Gasteiger partial charge in [0.25, 0.3) is 0 Å². The second-order valence-corrected chi connectivity index (χ2v) is 7.37. The molecule has 1 aromatic rings. The summed E-state index contributed by atoms with van der Waals surface area (Å²) < 4.78 is 22.6. The second-order valence-electron chi connectivity index (χ2n) is 3.29. The van der Waals surface area contributed by atoms with Gasteiger partial charge in [0.15, 0.2) is 5.78 Å². The summed E-state index contributed by atoms with van der Waals surface area (Å²) in [4.78, 5) is 12.2. The van der Waals surface area contributed by atoms with Crippen LogP contribution in [0.4, 0.5) is 0 Å². The zero-order valence-electron chi connectivity index (χ0n) is 8.20. The molecule has 3 nitrogen and oxygen atoms in total. The van der Waals surface area contributed by atoms with Gasteiger partial charge in [-0.15, -0.1) is 11.3 Å². The largest absolute Gasteiger partial charge is 0.293 e. The van der Waals surface area contributed by atoms with Gasteiger partial charge in [-0.25, -0.2) is 8.42 Å². The summed E-state index contributed by atoms with van der Waals surface area (Å²) in [5.41, 5.74) is 0. The van der Waals surface area contributed by atoms with Crippen LogP contribution in [0, 0.1) is 0 Å². The van der Waals surface area contributed by atoms with E-state index < -0.39 is 9.84 Å². The molecule has 1 aromatic heterocycles. The van der Waals surface area contributed by atoms with Crippen LogP contribution in [0.25, 0.3) is 0 Å². The quantitative estimate of drug-likeness (QED) is 0.785. The molecule has 1 heterocycles. The number of rotatable bonds is 5. The second kappa shape index (κ2) is 5.23. The molecule has 0 amide bonds. The average molecular weight is 311 g/mol. The molecule has 0 bridgehead atoms. The highest BCUT2D eigenvalue weighted by Crippen LogP contribution is 2.21. The maximum Gasteiger partial charge on any atom is 0.172 e. The van der Waals surface area contributed by atoms with Crippen molar-refractivity contribution in [3.05, 3.63) is 20.8 Å². The number of carbonyl (C=O) groups is 1. The molecular weight excluding hydrogens is 300 g/mol. The lowest BCUT2D eigenvalue weighted by molar-refractivity contribution is 0.0986. The van der Waals surface area contributed by atoms with Crippen molar-refractivity contribution in [3.63, 3.8) is 0 Å². The van der Waals surface area contributed by atoms with E-state index in [1.807, 2.05) is 5.38 Å². The predicted octanol–water partition coefficient (Wildman–Crippen LogP) is 2.52. The lowest BCUT2D eigenvalue weighted by atomic mass is 10.2. The normalized spacial score (nSPS) is 11.6. The number of Topliss-reactive ketones (excluding diaryl/α,β-unsaturated/α-hetero) is 1. The van der Waals surface area contributed by atoms with Crippen LogP contribution in [0.2, 0.25) is 0 Å². The van der Waals surface area contributed by atoms with Crippen molar-refractivity contribution in [2.75, 3.05) is 12.0 Å². The average Bonchev–Trinajstić information content (AvgIpc) is 2.49. The molecule has 0 saturated heterocycles. The lowest BCUT2D eigenvalue weighted by Gasteiger charge is -1.97. The van der Waals surface area contributed by atoms with Crippen molar-refractivity contribution >= 4 is 42.9 Å². The first-order valence-electron chi connectivity index (χ1n) is 4.33. The minimum absolute atomic E-state index is 0.00866. The van der Waals surface area contributed by atoms with Crippen LogP contribution in [-0.2, 0) is 9.84 Å². The maximum atomic E-state index is 11.5. The Morgan fingerprint density at radius 2 is 2.20 bits per heavy atom. The monoisotopic (exact) mass is 310 g/mol. The Balaban J connectivity index is 2.44. The van der Waals surface area contributed by atoms with E-state index in [4.69, 9.17) is 0 Å². The SMILES string of the molecule is CS(=O)(=O)CCCC(=O)c1cc(Br)cs1. The Morgan fingerprint density at radius 1 is 1.53 bits per heavy atom. The summed E-state index contributed by atoms with van der Waals surface area (Å²) in [5, 5.41) is 1.84. The van der Waals surface area contributed by atoms with Gasteiger partial charge in [-0.3, -0.25) is 4.79 Å². The Kier molecular flexibility index (Phi) is 4.48. The smallest absolute Gasteiger partial charge is 0.172 e. The molecule has 0 radical (unpaired) electrons. The lowest BCUT2D eigenvalue weighted by Crippen LogP contribution is -2.05. The molecule has 6 heteroatoms. The summed E-state index contributed by atoms with van der Waals surface area (Å²) in [6, 6.07) is 1.76. The first kappa shape index (κ1) is 12.9. The van der Waals surface area contributed by atoms with Crippen molar-refractivity contribution in [1.29, 1.82) is 0 Å². The van der Waals surface area contributed by atoms with Gasteiger partial charge in [-0.1, -0.05) is 0 Å². The number of halogens is 1. The summed E-state index contributed by atoms with van der Waals surface area (Å²) in [5.74, 6) is 0.0833. The summed E-state index contributed by atoms with van der Waals surface area (Å²) in [6.45, 7) is 0. The molecule has 0 fully saturated rings. The molecular formula is C9H11BrO3S2. The molecule has 0 spiro atoms.